The molecule has 0 unspecified atom stereocenters. The van der Waals surface area contributed by atoms with Gasteiger partial charge in [-0.3, -0.25) is 9.48 Å². The van der Waals surface area contributed by atoms with Crippen molar-refractivity contribution in [2.75, 3.05) is 14.1 Å². The van der Waals surface area contributed by atoms with Crippen LogP contribution in [0.5, 0.6) is 0 Å². The molecule has 0 saturated heterocycles. The van der Waals surface area contributed by atoms with Gasteiger partial charge in [0.25, 0.3) is 5.91 Å². The third kappa shape index (κ3) is 5.24. The summed E-state index contributed by atoms with van der Waals surface area (Å²) in [6.45, 7) is 0.975. The molecule has 3 aromatic carbocycles. The van der Waals surface area contributed by atoms with E-state index in [1.54, 1.807) is 36.5 Å². The van der Waals surface area contributed by atoms with Gasteiger partial charge in [-0.15, -0.1) is 0 Å². The van der Waals surface area contributed by atoms with Gasteiger partial charge in [-0.2, -0.15) is 5.10 Å². The van der Waals surface area contributed by atoms with Crippen LogP contribution in [0.4, 0.5) is 0 Å². The van der Waals surface area contributed by atoms with Gasteiger partial charge in [0.05, 0.1) is 11.4 Å². The number of rotatable bonds is 8. The third-order valence-corrected chi connectivity index (χ3v) is 7.32. The quantitative estimate of drug-likeness (QED) is 0.421. The minimum atomic E-state index is -3.48. The van der Waals surface area contributed by atoms with E-state index in [9.17, 15) is 13.2 Å². The van der Waals surface area contributed by atoms with Crippen LogP contribution in [0.1, 0.15) is 21.5 Å². The molecule has 0 atom stereocenters. The largest absolute Gasteiger partial charge is 0.348 e. The van der Waals surface area contributed by atoms with Crippen molar-refractivity contribution in [2.24, 2.45) is 0 Å². The van der Waals surface area contributed by atoms with Crippen LogP contribution in [0.2, 0.25) is 0 Å². The Bertz CT molecular complexity index is 1360. The van der Waals surface area contributed by atoms with Crippen LogP contribution in [0.15, 0.2) is 96.2 Å². The Balaban J connectivity index is 1.46. The first kappa shape index (κ1) is 23.4. The van der Waals surface area contributed by atoms with Crippen LogP contribution < -0.4 is 5.32 Å². The maximum absolute atomic E-state index is 13.0. The van der Waals surface area contributed by atoms with E-state index in [1.807, 2.05) is 59.4 Å². The number of hydrogen-bond acceptors (Lipinski definition) is 4. The van der Waals surface area contributed by atoms with Crippen LogP contribution in [0.25, 0.3) is 11.1 Å². The van der Waals surface area contributed by atoms with Gasteiger partial charge in [0, 0.05) is 38.6 Å². The molecule has 0 radical (unpaired) electrons. The average Bonchev–Trinajstić information content (AvgIpc) is 3.36. The maximum Gasteiger partial charge on any atom is 0.252 e. The Labute approximate surface area is 199 Å². The molecular weight excluding hydrogens is 448 g/mol. The molecule has 1 N–H and O–H groups in total. The maximum atomic E-state index is 13.0. The number of sulfonamides is 1. The highest BCUT2D eigenvalue weighted by molar-refractivity contribution is 7.89. The smallest absolute Gasteiger partial charge is 0.252 e. The standard InChI is InChI=1S/C26H26N4O3S/c1-29(2)34(32,33)23-14-10-20(11-15-23)18-27-26(31)25-7-4-3-6-24(25)22-12-8-21(9-13-22)19-30-17-5-16-28-30/h3-17H,18-19H2,1-2H3,(H,27,31). The van der Waals surface area contributed by atoms with Crippen molar-refractivity contribution >= 4 is 15.9 Å². The Hall–Kier alpha value is -3.75. The summed E-state index contributed by atoms with van der Waals surface area (Å²) in [5, 5.41) is 7.17. The number of aromatic nitrogens is 2. The molecule has 174 valence electrons. The van der Waals surface area contributed by atoms with Crippen LogP contribution >= 0.6 is 0 Å². The van der Waals surface area contributed by atoms with Gasteiger partial charge in [0.15, 0.2) is 0 Å². The van der Waals surface area contributed by atoms with Crippen molar-refractivity contribution < 1.29 is 13.2 Å². The van der Waals surface area contributed by atoms with Gasteiger partial charge in [0.1, 0.15) is 0 Å². The molecular formula is C26H26N4O3S. The molecule has 34 heavy (non-hydrogen) atoms. The van der Waals surface area contributed by atoms with Gasteiger partial charge in [-0.25, -0.2) is 12.7 Å². The van der Waals surface area contributed by atoms with Crippen LogP contribution in [0.3, 0.4) is 0 Å². The number of amides is 1. The van der Waals surface area contributed by atoms with E-state index in [0.717, 1.165) is 22.3 Å². The lowest BCUT2D eigenvalue weighted by Crippen LogP contribution is -2.24. The van der Waals surface area contributed by atoms with Crippen molar-refractivity contribution in [3.05, 3.63) is 108 Å². The second-order valence-electron chi connectivity index (χ2n) is 8.06. The van der Waals surface area contributed by atoms with E-state index >= 15 is 0 Å². The van der Waals surface area contributed by atoms with E-state index in [2.05, 4.69) is 10.4 Å². The van der Waals surface area contributed by atoms with Gasteiger partial charge in [-0.05, 0) is 46.5 Å². The van der Waals surface area contributed by atoms with Gasteiger partial charge < -0.3 is 5.32 Å². The first-order chi connectivity index (χ1) is 16.3. The highest BCUT2D eigenvalue weighted by Crippen LogP contribution is 2.24. The zero-order chi connectivity index (χ0) is 24.1. The first-order valence-electron chi connectivity index (χ1n) is 10.8. The SMILES string of the molecule is CN(C)S(=O)(=O)c1ccc(CNC(=O)c2ccccc2-c2ccc(Cn3cccn3)cc2)cc1. The zero-order valence-corrected chi connectivity index (χ0v) is 19.9. The number of carbonyl (C=O) groups is 1. The topological polar surface area (TPSA) is 84.3 Å². The van der Waals surface area contributed by atoms with Crippen molar-refractivity contribution in [1.82, 2.24) is 19.4 Å². The molecule has 0 saturated carbocycles. The summed E-state index contributed by atoms with van der Waals surface area (Å²) in [5.74, 6) is -0.193. The number of carbonyl (C=O) groups excluding carboxylic acids is 1. The van der Waals surface area contributed by atoms with Crippen molar-refractivity contribution in [3.8, 4) is 11.1 Å². The predicted octanol–water partition coefficient (Wildman–Crippen LogP) is 3.78. The van der Waals surface area contributed by atoms with E-state index < -0.39 is 10.0 Å². The van der Waals surface area contributed by atoms with Gasteiger partial charge in [0.2, 0.25) is 10.0 Å². The lowest BCUT2D eigenvalue weighted by Gasteiger charge is -2.13. The Morgan fingerprint density at radius 3 is 2.24 bits per heavy atom. The number of nitrogens with one attached hydrogen (secondary N) is 1. The molecule has 1 aromatic heterocycles. The van der Waals surface area contributed by atoms with E-state index in [-0.39, 0.29) is 17.3 Å². The first-order valence-corrected chi connectivity index (χ1v) is 12.2. The minimum Gasteiger partial charge on any atom is -0.348 e. The molecule has 1 amide bonds. The van der Waals surface area contributed by atoms with E-state index in [1.165, 1.54) is 18.4 Å². The summed E-state index contributed by atoms with van der Waals surface area (Å²) >= 11 is 0. The second kappa shape index (κ2) is 10.0. The van der Waals surface area contributed by atoms with Crippen LogP contribution in [-0.2, 0) is 23.1 Å². The lowest BCUT2D eigenvalue weighted by molar-refractivity contribution is 0.0951. The fourth-order valence-corrected chi connectivity index (χ4v) is 4.47. The number of benzene rings is 3. The third-order valence-electron chi connectivity index (χ3n) is 5.50. The van der Waals surface area contributed by atoms with Gasteiger partial charge in [-0.1, -0.05) is 54.6 Å². The fourth-order valence-electron chi connectivity index (χ4n) is 3.57. The molecule has 0 fully saturated rings. The van der Waals surface area contributed by atoms with Crippen molar-refractivity contribution in [3.63, 3.8) is 0 Å². The molecule has 0 aliphatic heterocycles. The Morgan fingerprint density at radius 2 is 1.59 bits per heavy atom. The molecule has 4 rings (SSSR count). The lowest BCUT2D eigenvalue weighted by atomic mass is 9.98. The van der Waals surface area contributed by atoms with E-state index in [0.29, 0.717) is 12.1 Å². The highest BCUT2D eigenvalue weighted by atomic mass is 32.2. The Kier molecular flexibility index (Phi) is 6.90. The van der Waals surface area contributed by atoms with Crippen molar-refractivity contribution in [2.45, 2.75) is 18.0 Å². The second-order valence-corrected chi connectivity index (χ2v) is 10.2. The molecule has 0 aliphatic rings. The monoisotopic (exact) mass is 474 g/mol. The molecule has 7 nitrogen and oxygen atoms in total. The van der Waals surface area contributed by atoms with Crippen molar-refractivity contribution in [1.29, 1.82) is 0 Å². The summed E-state index contributed by atoms with van der Waals surface area (Å²) < 4.78 is 27.5. The van der Waals surface area contributed by atoms with Crippen LogP contribution in [-0.4, -0.2) is 42.5 Å². The molecule has 8 heteroatoms. The van der Waals surface area contributed by atoms with Crippen LogP contribution in [0, 0.1) is 0 Å². The minimum absolute atomic E-state index is 0.193. The molecule has 4 aromatic rings. The number of nitrogens with zero attached hydrogens (tertiary/aromatic N) is 3. The summed E-state index contributed by atoms with van der Waals surface area (Å²) in [7, 11) is -0.493. The molecule has 0 aliphatic carbocycles. The molecule has 0 bridgehead atoms. The normalized spacial score (nSPS) is 11.5. The fraction of sp³-hybridized carbons (Fsp3) is 0.154. The molecule has 0 spiro atoms. The molecule has 1 heterocycles. The highest BCUT2D eigenvalue weighted by Gasteiger charge is 2.17. The average molecular weight is 475 g/mol. The summed E-state index contributed by atoms with van der Waals surface area (Å²) in [4.78, 5) is 13.2. The predicted molar refractivity (Wildman–Crippen MR) is 132 cm³/mol. The number of hydrogen-bond donors (Lipinski definition) is 1. The zero-order valence-electron chi connectivity index (χ0n) is 19.0. The summed E-state index contributed by atoms with van der Waals surface area (Å²) in [5.41, 5.74) is 4.31. The Morgan fingerprint density at radius 1 is 0.912 bits per heavy atom. The van der Waals surface area contributed by atoms with Gasteiger partial charge >= 0.3 is 0 Å². The van der Waals surface area contributed by atoms with E-state index in [4.69, 9.17) is 0 Å². The summed E-state index contributed by atoms with van der Waals surface area (Å²) in [6, 6.07) is 24.0. The summed E-state index contributed by atoms with van der Waals surface area (Å²) in [6.07, 6.45) is 3.67.